The number of hydrogen-bond acceptors (Lipinski definition) is 5. The van der Waals surface area contributed by atoms with Crippen molar-refractivity contribution in [1.29, 1.82) is 0 Å². The van der Waals surface area contributed by atoms with Gasteiger partial charge in [-0.15, -0.1) is 0 Å². The van der Waals surface area contributed by atoms with Gasteiger partial charge in [-0.2, -0.15) is 0 Å². The summed E-state index contributed by atoms with van der Waals surface area (Å²) in [5.41, 5.74) is 1.69. The largest absolute Gasteiger partial charge is 0.454 e. The second-order valence-electron chi connectivity index (χ2n) is 7.18. The molecule has 1 amide bonds. The van der Waals surface area contributed by atoms with Crippen molar-refractivity contribution in [3.8, 4) is 11.5 Å². The maximum atomic E-state index is 13.2. The van der Waals surface area contributed by atoms with Crippen LogP contribution in [-0.4, -0.2) is 27.7 Å². The first-order chi connectivity index (χ1) is 15.4. The lowest BCUT2D eigenvalue weighted by molar-refractivity contribution is 0.0954. The highest BCUT2D eigenvalue weighted by atomic mass is 32.2. The number of nitrogens with one attached hydrogen (secondary N) is 2. The van der Waals surface area contributed by atoms with Crippen molar-refractivity contribution < 1.29 is 27.1 Å². The van der Waals surface area contributed by atoms with E-state index in [1.165, 1.54) is 36.4 Å². The average Bonchev–Trinajstić information content (AvgIpc) is 3.26. The van der Waals surface area contributed by atoms with E-state index in [1.54, 1.807) is 30.3 Å². The predicted octanol–water partition coefficient (Wildman–Crippen LogP) is 3.01. The van der Waals surface area contributed by atoms with Crippen LogP contribution in [0.1, 0.15) is 21.5 Å². The second-order valence-corrected chi connectivity index (χ2v) is 8.94. The van der Waals surface area contributed by atoms with Gasteiger partial charge in [-0.3, -0.25) is 4.79 Å². The van der Waals surface area contributed by atoms with Crippen molar-refractivity contribution in [3.63, 3.8) is 0 Å². The van der Waals surface area contributed by atoms with E-state index in [1.807, 2.05) is 0 Å². The number of benzene rings is 3. The SMILES string of the molecule is O=C(NCCc1cccc(F)c1)c1cccc(S(=O)(=O)NCc2ccc3c(c2)OCO3)c1. The topological polar surface area (TPSA) is 93.7 Å². The Morgan fingerprint density at radius 2 is 1.75 bits per heavy atom. The smallest absolute Gasteiger partial charge is 0.251 e. The minimum Gasteiger partial charge on any atom is -0.454 e. The average molecular weight is 456 g/mol. The lowest BCUT2D eigenvalue weighted by Crippen LogP contribution is -2.27. The normalized spacial score (nSPS) is 12.5. The Kier molecular flexibility index (Phi) is 6.38. The van der Waals surface area contributed by atoms with Gasteiger partial charge in [0.25, 0.3) is 5.91 Å². The monoisotopic (exact) mass is 456 g/mol. The summed E-state index contributed by atoms with van der Waals surface area (Å²) in [7, 11) is -3.84. The Morgan fingerprint density at radius 1 is 0.938 bits per heavy atom. The molecular weight excluding hydrogens is 435 g/mol. The van der Waals surface area contributed by atoms with E-state index in [-0.39, 0.29) is 29.6 Å². The summed E-state index contributed by atoms with van der Waals surface area (Å²) >= 11 is 0. The summed E-state index contributed by atoms with van der Waals surface area (Å²) in [6.45, 7) is 0.492. The fourth-order valence-electron chi connectivity index (χ4n) is 3.23. The molecular formula is C23H21FN2O5S. The van der Waals surface area contributed by atoms with Gasteiger partial charge in [0.05, 0.1) is 4.90 Å². The molecule has 0 fully saturated rings. The highest BCUT2D eigenvalue weighted by Crippen LogP contribution is 2.32. The van der Waals surface area contributed by atoms with Gasteiger partial charge >= 0.3 is 0 Å². The maximum absolute atomic E-state index is 13.2. The molecule has 0 bridgehead atoms. The van der Waals surface area contributed by atoms with Gasteiger partial charge in [-0.05, 0) is 60.0 Å². The van der Waals surface area contributed by atoms with Crippen LogP contribution < -0.4 is 19.5 Å². The van der Waals surface area contributed by atoms with Crippen molar-refractivity contribution in [2.75, 3.05) is 13.3 Å². The molecule has 2 N–H and O–H groups in total. The molecule has 0 saturated carbocycles. The molecule has 0 aliphatic carbocycles. The van der Waals surface area contributed by atoms with Crippen molar-refractivity contribution in [2.45, 2.75) is 17.9 Å². The van der Waals surface area contributed by atoms with E-state index >= 15 is 0 Å². The third-order valence-electron chi connectivity index (χ3n) is 4.90. The number of amides is 1. The van der Waals surface area contributed by atoms with Crippen LogP contribution in [0.4, 0.5) is 4.39 Å². The molecule has 166 valence electrons. The molecule has 4 rings (SSSR count). The third kappa shape index (κ3) is 5.24. The number of halogens is 1. The Morgan fingerprint density at radius 3 is 2.59 bits per heavy atom. The quantitative estimate of drug-likeness (QED) is 0.544. The highest BCUT2D eigenvalue weighted by Gasteiger charge is 2.18. The summed E-state index contributed by atoms with van der Waals surface area (Å²) in [5.74, 6) is 0.445. The summed E-state index contributed by atoms with van der Waals surface area (Å²) in [5, 5.41) is 2.72. The second kappa shape index (κ2) is 9.37. The summed E-state index contributed by atoms with van der Waals surface area (Å²) < 4.78 is 51.7. The number of fused-ring (bicyclic) bond motifs is 1. The van der Waals surface area contributed by atoms with Crippen molar-refractivity contribution in [2.24, 2.45) is 0 Å². The van der Waals surface area contributed by atoms with Gasteiger partial charge in [-0.25, -0.2) is 17.5 Å². The molecule has 1 heterocycles. The van der Waals surface area contributed by atoms with E-state index in [4.69, 9.17) is 9.47 Å². The molecule has 1 aliphatic rings. The zero-order valence-corrected chi connectivity index (χ0v) is 17.8. The number of carbonyl (C=O) groups excluding carboxylic acids is 1. The fourth-order valence-corrected chi connectivity index (χ4v) is 4.30. The molecule has 0 radical (unpaired) electrons. The first-order valence-electron chi connectivity index (χ1n) is 9.92. The Bertz CT molecular complexity index is 1250. The Hall–Kier alpha value is -3.43. The molecule has 1 aliphatic heterocycles. The zero-order valence-electron chi connectivity index (χ0n) is 17.0. The van der Waals surface area contributed by atoms with Crippen molar-refractivity contribution in [3.05, 3.63) is 89.2 Å². The van der Waals surface area contributed by atoms with Crippen LogP contribution in [0.3, 0.4) is 0 Å². The summed E-state index contributed by atoms with van der Waals surface area (Å²) in [6.07, 6.45) is 0.457. The van der Waals surface area contributed by atoms with Crippen LogP contribution in [-0.2, 0) is 23.0 Å². The van der Waals surface area contributed by atoms with Crippen molar-refractivity contribution in [1.82, 2.24) is 10.0 Å². The Balaban J connectivity index is 1.37. The van der Waals surface area contributed by atoms with Gasteiger partial charge in [0.15, 0.2) is 11.5 Å². The lowest BCUT2D eigenvalue weighted by Gasteiger charge is -2.10. The molecule has 32 heavy (non-hydrogen) atoms. The Labute approximate surface area is 185 Å². The minimum atomic E-state index is -3.84. The molecule has 0 saturated heterocycles. The number of hydrogen-bond donors (Lipinski definition) is 2. The number of carbonyl (C=O) groups is 1. The third-order valence-corrected chi connectivity index (χ3v) is 6.30. The van der Waals surface area contributed by atoms with Crippen LogP contribution >= 0.6 is 0 Å². The van der Waals surface area contributed by atoms with Gasteiger partial charge in [-0.1, -0.05) is 24.3 Å². The minimum absolute atomic E-state index is 0.0176. The first-order valence-corrected chi connectivity index (χ1v) is 11.4. The number of sulfonamides is 1. The van der Waals surface area contributed by atoms with Gasteiger partial charge in [0.2, 0.25) is 16.8 Å². The van der Waals surface area contributed by atoms with E-state index in [9.17, 15) is 17.6 Å². The molecule has 3 aromatic rings. The molecule has 7 nitrogen and oxygen atoms in total. The number of ether oxygens (including phenoxy) is 2. The lowest BCUT2D eigenvalue weighted by atomic mass is 10.1. The first kappa shape index (κ1) is 21.8. The molecule has 3 aromatic carbocycles. The van der Waals surface area contributed by atoms with E-state index in [0.29, 0.717) is 30.0 Å². The molecule has 9 heteroatoms. The number of rotatable bonds is 8. The van der Waals surface area contributed by atoms with Crippen LogP contribution in [0.5, 0.6) is 11.5 Å². The van der Waals surface area contributed by atoms with Crippen molar-refractivity contribution >= 4 is 15.9 Å². The van der Waals surface area contributed by atoms with E-state index in [2.05, 4.69) is 10.0 Å². The molecule has 0 atom stereocenters. The van der Waals surface area contributed by atoms with Crippen LogP contribution in [0.2, 0.25) is 0 Å². The van der Waals surface area contributed by atoms with E-state index in [0.717, 1.165) is 5.56 Å². The van der Waals surface area contributed by atoms with Gasteiger partial charge in [0.1, 0.15) is 5.82 Å². The maximum Gasteiger partial charge on any atom is 0.251 e. The molecule has 0 spiro atoms. The van der Waals surface area contributed by atoms with Crippen LogP contribution in [0.15, 0.2) is 71.6 Å². The highest BCUT2D eigenvalue weighted by molar-refractivity contribution is 7.89. The summed E-state index contributed by atoms with van der Waals surface area (Å²) in [6, 6.07) is 17.1. The van der Waals surface area contributed by atoms with Crippen LogP contribution in [0, 0.1) is 5.82 Å². The van der Waals surface area contributed by atoms with E-state index < -0.39 is 15.9 Å². The molecule has 0 aromatic heterocycles. The van der Waals surface area contributed by atoms with Crippen LogP contribution in [0.25, 0.3) is 0 Å². The van der Waals surface area contributed by atoms with Gasteiger partial charge < -0.3 is 14.8 Å². The fraction of sp³-hybridized carbons (Fsp3) is 0.174. The standard InChI is InChI=1S/C23H21FN2O5S/c24-19-5-1-3-16(11-19)9-10-25-23(27)18-4-2-6-20(13-18)32(28,29)26-14-17-7-8-21-22(12-17)31-15-30-21/h1-8,11-13,26H,9-10,14-15H2,(H,25,27). The molecule has 0 unspecified atom stereocenters. The zero-order chi connectivity index (χ0) is 22.6. The predicted molar refractivity (Wildman–Crippen MR) is 115 cm³/mol. The van der Waals surface area contributed by atoms with Gasteiger partial charge in [0, 0.05) is 18.7 Å². The summed E-state index contributed by atoms with van der Waals surface area (Å²) in [4.78, 5) is 12.4.